The molecule has 1 aliphatic heterocycles. The highest BCUT2D eigenvalue weighted by Crippen LogP contribution is 2.43. The number of nitrogens with two attached hydrogens (primary N) is 1. The van der Waals surface area contributed by atoms with E-state index >= 15 is 0 Å². The van der Waals surface area contributed by atoms with E-state index in [9.17, 15) is 23.8 Å². The Morgan fingerprint density at radius 3 is 1.64 bits per heavy atom. The molecule has 5 atom stereocenters. The van der Waals surface area contributed by atoms with Gasteiger partial charge >= 0.3 is 25.7 Å². The maximum atomic E-state index is 12.6. The van der Waals surface area contributed by atoms with E-state index in [1.807, 2.05) is 12.2 Å². The van der Waals surface area contributed by atoms with E-state index in [1.54, 1.807) is 0 Å². The third-order valence-electron chi connectivity index (χ3n) is 10.3. The minimum atomic E-state index is -4.74. The van der Waals surface area contributed by atoms with Crippen molar-refractivity contribution >= 4 is 25.7 Å². The van der Waals surface area contributed by atoms with E-state index in [2.05, 4.69) is 42.7 Å². The second kappa shape index (κ2) is 37.4. The molecule has 0 aliphatic carbocycles. The molecule has 1 fully saturated rings. The van der Waals surface area contributed by atoms with Crippen LogP contribution < -0.4 is 5.73 Å². The van der Waals surface area contributed by atoms with Gasteiger partial charge in [0, 0.05) is 12.8 Å². The Kier molecular flexibility index (Phi) is 34.7. The standard InChI is InChI=1S/C46H82NO11P/c1-3-5-7-9-11-12-13-14-15-16-17-18-19-20-23-27-31-35-44(48)54-37-40(38-55-59(52,53)56-39-41(47)46(50)51)57-45(49)36-32-28-24-21-22-26-30-34-43-42(58-43)33-29-25-10-8-6-4-2/h21,24-26,29-30,40-43H,3-20,22-23,27-28,31-39,47H2,1-2H3,(H,50,51)(H,52,53)/b24-21-,29-25-,30-26-/t40-,41+,42?,43?/m1/s1. The molecule has 0 aromatic carbocycles. The second-order valence-electron chi connectivity index (χ2n) is 15.9. The van der Waals surface area contributed by atoms with Crippen LogP contribution in [0.3, 0.4) is 0 Å². The molecule has 3 unspecified atom stereocenters. The molecule has 0 radical (unpaired) electrons. The van der Waals surface area contributed by atoms with Crippen LogP contribution in [0.2, 0.25) is 0 Å². The fraction of sp³-hybridized carbons (Fsp3) is 0.804. The SMILES string of the molecule is CCCCC/C=C\CC1OC1C/C=C\C/C=C\CCCC(=O)O[C@H](COC(=O)CCCCCCCCCCCCCCCCCCC)COP(=O)(O)OC[C@H](N)C(=O)O. The zero-order valence-electron chi connectivity index (χ0n) is 36.8. The molecule has 0 saturated carbocycles. The molecule has 12 nitrogen and oxygen atoms in total. The van der Waals surface area contributed by atoms with E-state index in [0.717, 1.165) is 44.9 Å². The number of hydrogen-bond acceptors (Lipinski definition) is 10. The van der Waals surface area contributed by atoms with Gasteiger partial charge in [0.15, 0.2) is 6.10 Å². The van der Waals surface area contributed by atoms with Crippen molar-refractivity contribution in [1.82, 2.24) is 0 Å². The summed E-state index contributed by atoms with van der Waals surface area (Å²) in [6.45, 7) is 2.73. The molecule has 1 aliphatic rings. The molecule has 342 valence electrons. The lowest BCUT2D eigenvalue weighted by Crippen LogP contribution is -2.34. The smallest absolute Gasteiger partial charge is 0.472 e. The van der Waals surface area contributed by atoms with Crippen LogP contribution in [0.5, 0.6) is 0 Å². The molecule has 13 heteroatoms. The number of carbonyl (C=O) groups is 3. The van der Waals surface area contributed by atoms with E-state index in [1.165, 1.54) is 103 Å². The average Bonchev–Trinajstić information content (AvgIpc) is 3.97. The van der Waals surface area contributed by atoms with Crippen molar-refractivity contribution in [3.63, 3.8) is 0 Å². The lowest BCUT2D eigenvalue weighted by atomic mass is 10.0. The maximum absolute atomic E-state index is 12.6. The Morgan fingerprint density at radius 1 is 0.610 bits per heavy atom. The topological polar surface area (TPSA) is 184 Å². The van der Waals surface area contributed by atoms with Crippen molar-refractivity contribution < 1.29 is 52.2 Å². The van der Waals surface area contributed by atoms with Crippen LogP contribution in [0, 0.1) is 0 Å². The van der Waals surface area contributed by atoms with Gasteiger partial charge in [0.25, 0.3) is 0 Å². The number of phosphoric acid groups is 1. The number of phosphoric ester groups is 1. The largest absolute Gasteiger partial charge is 0.480 e. The minimum Gasteiger partial charge on any atom is -0.480 e. The van der Waals surface area contributed by atoms with Gasteiger partial charge in [0.1, 0.15) is 12.6 Å². The molecular weight excluding hydrogens is 773 g/mol. The van der Waals surface area contributed by atoms with E-state index in [0.29, 0.717) is 31.5 Å². The van der Waals surface area contributed by atoms with Gasteiger partial charge in [-0.05, 0) is 51.4 Å². The summed E-state index contributed by atoms with van der Waals surface area (Å²) in [6.07, 6.45) is 42.4. The third kappa shape index (κ3) is 35.0. The van der Waals surface area contributed by atoms with Crippen LogP contribution in [0.1, 0.15) is 194 Å². The Labute approximate surface area is 357 Å². The number of epoxide rings is 1. The maximum Gasteiger partial charge on any atom is 0.472 e. The quantitative estimate of drug-likeness (QED) is 0.0174. The third-order valence-corrected chi connectivity index (χ3v) is 11.2. The van der Waals surface area contributed by atoms with Crippen molar-refractivity contribution in [1.29, 1.82) is 0 Å². The zero-order chi connectivity index (χ0) is 43.2. The van der Waals surface area contributed by atoms with E-state index < -0.39 is 51.1 Å². The van der Waals surface area contributed by atoms with Crippen LogP contribution in [0.4, 0.5) is 0 Å². The van der Waals surface area contributed by atoms with Crippen LogP contribution in [-0.2, 0) is 42.2 Å². The molecule has 0 aromatic heterocycles. The highest BCUT2D eigenvalue weighted by atomic mass is 31.2. The van der Waals surface area contributed by atoms with E-state index in [4.69, 9.17) is 29.6 Å². The second-order valence-corrected chi connectivity index (χ2v) is 17.4. The van der Waals surface area contributed by atoms with Gasteiger partial charge in [-0.3, -0.25) is 23.4 Å². The Morgan fingerprint density at radius 2 is 1.07 bits per heavy atom. The first-order valence-corrected chi connectivity index (χ1v) is 24.6. The van der Waals surface area contributed by atoms with Crippen molar-refractivity contribution in [3.8, 4) is 0 Å². The molecule has 0 aromatic rings. The summed E-state index contributed by atoms with van der Waals surface area (Å²) in [5.74, 6) is -2.45. The normalized spacial score (nSPS) is 17.4. The van der Waals surface area contributed by atoms with Crippen molar-refractivity contribution in [2.45, 2.75) is 218 Å². The molecule has 59 heavy (non-hydrogen) atoms. The summed E-state index contributed by atoms with van der Waals surface area (Å²) in [6, 6.07) is -1.53. The fourth-order valence-corrected chi connectivity index (χ4v) is 7.29. The summed E-state index contributed by atoms with van der Waals surface area (Å²) < 4.78 is 38.4. The van der Waals surface area contributed by atoms with Gasteiger partial charge in [-0.1, -0.05) is 166 Å². The number of rotatable bonds is 42. The molecule has 0 bridgehead atoms. The monoisotopic (exact) mass is 856 g/mol. The number of hydrogen-bond donors (Lipinski definition) is 3. The van der Waals surface area contributed by atoms with Gasteiger partial charge < -0.3 is 29.9 Å². The number of carbonyl (C=O) groups excluding carboxylic acids is 2. The summed E-state index contributed by atoms with van der Waals surface area (Å²) in [5, 5.41) is 8.90. The highest BCUT2D eigenvalue weighted by molar-refractivity contribution is 7.47. The number of ether oxygens (including phenoxy) is 3. The van der Waals surface area contributed by atoms with Gasteiger partial charge in [0.05, 0.1) is 25.4 Å². The van der Waals surface area contributed by atoms with Gasteiger partial charge in [-0.2, -0.15) is 0 Å². The van der Waals surface area contributed by atoms with Crippen molar-refractivity contribution in [2.24, 2.45) is 5.73 Å². The predicted octanol–water partition coefficient (Wildman–Crippen LogP) is 11.4. The van der Waals surface area contributed by atoms with Gasteiger partial charge in [0.2, 0.25) is 0 Å². The highest BCUT2D eigenvalue weighted by Gasteiger charge is 2.36. The number of allylic oxidation sites excluding steroid dienone is 4. The number of carboxylic acid groups (broad SMARTS) is 1. The Balaban J connectivity index is 2.29. The van der Waals surface area contributed by atoms with Crippen molar-refractivity contribution in [3.05, 3.63) is 36.5 Å². The summed E-state index contributed by atoms with van der Waals surface area (Å²) >= 11 is 0. The minimum absolute atomic E-state index is 0.0814. The molecule has 1 rings (SSSR count). The lowest BCUT2D eigenvalue weighted by molar-refractivity contribution is -0.161. The van der Waals surface area contributed by atoms with Crippen molar-refractivity contribution in [2.75, 3.05) is 19.8 Å². The van der Waals surface area contributed by atoms with Gasteiger partial charge in [-0.25, -0.2) is 4.57 Å². The average molecular weight is 856 g/mol. The number of aliphatic carboxylic acids is 1. The molecule has 1 heterocycles. The number of unbranched alkanes of at least 4 members (excludes halogenated alkanes) is 20. The number of esters is 2. The summed E-state index contributed by atoms with van der Waals surface area (Å²) in [4.78, 5) is 46.0. The molecule has 0 amide bonds. The first kappa shape index (κ1) is 54.7. The first-order valence-electron chi connectivity index (χ1n) is 23.1. The lowest BCUT2D eigenvalue weighted by Gasteiger charge is -2.20. The molecule has 0 spiro atoms. The van der Waals surface area contributed by atoms with Crippen LogP contribution >= 0.6 is 7.82 Å². The molecule has 4 N–H and O–H groups in total. The summed E-state index contributed by atoms with van der Waals surface area (Å²) in [7, 11) is -4.74. The van der Waals surface area contributed by atoms with Crippen LogP contribution in [-0.4, -0.2) is 72.1 Å². The molecule has 1 saturated heterocycles. The Bertz CT molecular complexity index is 1210. The predicted molar refractivity (Wildman–Crippen MR) is 235 cm³/mol. The van der Waals surface area contributed by atoms with Crippen LogP contribution in [0.15, 0.2) is 36.5 Å². The molecular formula is C46H82NO11P. The zero-order valence-corrected chi connectivity index (χ0v) is 37.7. The summed E-state index contributed by atoms with van der Waals surface area (Å²) in [5.41, 5.74) is 5.34. The van der Waals surface area contributed by atoms with E-state index in [-0.39, 0.29) is 19.4 Å². The number of carboxylic acids is 1. The van der Waals surface area contributed by atoms with Crippen LogP contribution in [0.25, 0.3) is 0 Å². The first-order chi connectivity index (χ1) is 28.6. The Hall–Kier alpha value is -2.34. The fourth-order valence-electron chi connectivity index (χ4n) is 6.51. The van der Waals surface area contributed by atoms with Gasteiger partial charge in [-0.15, -0.1) is 0 Å².